The fourth-order valence-electron chi connectivity index (χ4n) is 2.35. The van der Waals surface area contributed by atoms with E-state index in [0.717, 1.165) is 35.2 Å². The van der Waals surface area contributed by atoms with Crippen LogP contribution in [0.15, 0.2) is 24.4 Å². The molecule has 2 rings (SSSR count). The molecule has 0 aliphatic rings. The number of fused-ring (bicyclic) bond motifs is 1. The van der Waals surface area contributed by atoms with E-state index in [2.05, 4.69) is 10.2 Å². The zero-order valence-electron chi connectivity index (χ0n) is 13.1. The van der Waals surface area contributed by atoms with Gasteiger partial charge in [-0.1, -0.05) is 0 Å². The third-order valence-electron chi connectivity index (χ3n) is 3.47. The molecule has 0 bridgehead atoms. The van der Waals surface area contributed by atoms with E-state index in [1.165, 1.54) is 0 Å². The molecule has 0 saturated carbocycles. The van der Waals surface area contributed by atoms with Crippen LogP contribution in [-0.4, -0.2) is 49.8 Å². The van der Waals surface area contributed by atoms with Crippen molar-refractivity contribution in [2.75, 3.05) is 34.3 Å². The summed E-state index contributed by atoms with van der Waals surface area (Å²) in [7, 11) is 5.74. The minimum atomic E-state index is -0.0937. The van der Waals surface area contributed by atoms with E-state index in [1.54, 1.807) is 11.7 Å². The van der Waals surface area contributed by atoms with Gasteiger partial charge in [0.05, 0.1) is 12.6 Å². The van der Waals surface area contributed by atoms with Crippen molar-refractivity contribution >= 4 is 16.9 Å². The molecule has 21 heavy (non-hydrogen) atoms. The summed E-state index contributed by atoms with van der Waals surface area (Å²) in [5.41, 5.74) is 2.07. The van der Waals surface area contributed by atoms with Crippen LogP contribution < -0.4 is 10.1 Å². The van der Waals surface area contributed by atoms with Gasteiger partial charge in [-0.2, -0.15) is 0 Å². The number of aromatic nitrogens is 1. The number of hydrogen-bond acceptors (Lipinski definition) is 3. The van der Waals surface area contributed by atoms with Crippen LogP contribution in [0.5, 0.6) is 5.75 Å². The fourth-order valence-corrected chi connectivity index (χ4v) is 2.35. The summed E-state index contributed by atoms with van der Waals surface area (Å²) in [6.45, 7) is 3.47. The molecule has 0 fully saturated rings. The van der Waals surface area contributed by atoms with Gasteiger partial charge in [0.15, 0.2) is 0 Å². The lowest BCUT2D eigenvalue weighted by Crippen LogP contribution is -2.27. The van der Waals surface area contributed by atoms with Crippen LogP contribution in [0.2, 0.25) is 0 Å². The number of amides is 1. The Morgan fingerprint density at radius 3 is 2.76 bits per heavy atom. The first-order valence-electron chi connectivity index (χ1n) is 7.17. The van der Waals surface area contributed by atoms with Gasteiger partial charge in [-0.15, -0.1) is 0 Å². The maximum Gasteiger partial charge on any atom is 0.326 e. The number of hydrogen-bond donors (Lipinski definition) is 1. The van der Waals surface area contributed by atoms with E-state index in [0.29, 0.717) is 6.54 Å². The van der Waals surface area contributed by atoms with E-state index in [-0.39, 0.29) is 6.03 Å². The highest BCUT2D eigenvalue weighted by Gasteiger charge is 2.14. The van der Waals surface area contributed by atoms with Crippen LogP contribution in [0.1, 0.15) is 12.5 Å². The summed E-state index contributed by atoms with van der Waals surface area (Å²) >= 11 is 0. The standard InChI is InChI=1S/C16H23N3O2/c1-5-17-16(20)19-11-12(8-9-18(2)3)14-10-13(21-4)6-7-15(14)19/h6-7,10-11H,5,8-9H2,1-4H3,(H,17,20). The molecule has 114 valence electrons. The summed E-state index contributed by atoms with van der Waals surface area (Å²) in [6.07, 6.45) is 2.82. The van der Waals surface area contributed by atoms with E-state index in [1.807, 2.05) is 45.4 Å². The summed E-state index contributed by atoms with van der Waals surface area (Å²) in [5.74, 6) is 0.808. The molecular formula is C16H23N3O2. The van der Waals surface area contributed by atoms with Gasteiger partial charge in [0.1, 0.15) is 5.75 Å². The van der Waals surface area contributed by atoms with E-state index in [4.69, 9.17) is 4.74 Å². The lowest BCUT2D eigenvalue weighted by Gasteiger charge is -2.08. The molecule has 0 aliphatic carbocycles. The first-order chi connectivity index (χ1) is 10.1. The SMILES string of the molecule is CCNC(=O)n1cc(CCN(C)C)c2cc(OC)ccc21. The number of rotatable bonds is 5. The molecule has 0 atom stereocenters. The van der Waals surface area contributed by atoms with Crippen molar-refractivity contribution in [3.63, 3.8) is 0 Å². The van der Waals surface area contributed by atoms with Crippen molar-refractivity contribution in [2.24, 2.45) is 0 Å². The van der Waals surface area contributed by atoms with Crippen molar-refractivity contribution in [1.82, 2.24) is 14.8 Å². The molecule has 2 aromatic rings. The Balaban J connectivity index is 2.47. The van der Waals surface area contributed by atoms with Gasteiger partial charge in [-0.3, -0.25) is 4.57 Å². The minimum absolute atomic E-state index is 0.0937. The Hall–Kier alpha value is -2.01. The Morgan fingerprint density at radius 1 is 1.38 bits per heavy atom. The molecule has 0 aliphatic heterocycles. The second-order valence-electron chi connectivity index (χ2n) is 5.30. The number of carbonyl (C=O) groups excluding carboxylic acids is 1. The summed E-state index contributed by atoms with van der Waals surface area (Å²) in [4.78, 5) is 14.3. The average molecular weight is 289 g/mol. The molecule has 0 unspecified atom stereocenters. The molecule has 0 radical (unpaired) electrons. The lowest BCUT2D eigenvalue weighted by atomic mass is 10.1. The quantitative estimate of drug-likeness (QED) is 0.919. The highest BCUT2D eigenvalue weighted by atomic mass is 16.5. The largest absolute Gasteiger partial charge is 0.497 e. The predicted molar refractivity (Wildman–Crippen MR) is 85.2 cm³/mol. The van der Waals surface area contributed by atoms with Gasteiger partial charge >= 0.3 is 6.03 Å². The van der Waals surface area contributed by atoms with E-state index >= 15 is 0 Å². The number of methoxy groups -OCH3 is 1. The molecule has 1 heterocycles. The number of ether oxygens (including phenoxy) is 1. The van der Waals surface area contributed by atoms with E-state index in [9.17, 15) is 4.79 Å². The molecule has 5 nitrogen and oxygen atoms in total. The Bertz CT molecular complexity index is 632. The highest BCUT2D eigenvalue weighted by Crippen LogP contribution is 2.26. The Kier molecular flexibility index (Phi) is 4.85. The molecule has 1 aromatic heterocycles. The number of carbonyl (C=O) groups is 1. The molecule has 0 spiro atoms. The van der Waals surface area contributed by atoms with Crippen molar-refractivity contribution in [3.05, 3.63) is 30.0 Å². The van der Waals surface area contributed by atoms with Crippen LogP contribution >= 0.6 is 0 Å². The first kappa shape index (κ1) is 15.4. The molecular weight excluding hydrogens is 266 g/mol. The molecule has 1 N–H and O–H groups in total. The van der Waals surface area contributed by atoms with E-state index < -0.39 is 0 Å². The number of benzene rings is 1. The monoisotopic (exact) mass is 289 g/mol. The van der Waals surface area contributed by atoms with Crippen molar-refractivity contribution in [3.8, 4) is 5.75 Å². The third-order valence-corrected chi connectivity index (χ3v) is 3.47. The second kappa shape index (κ2) is 6.63. The third kappa shape index (κ3) is 3.36. The maximum atomic E-state index is 12.2. The van der Waals surface area contributed by atoms with Crippen LogP contribution in [-0.2, 0) is 6.42 Å². The van der Waals surface area contributed by atoms with Crippen molar-refractivity contribution in [1.29, 1.82) is 0 Å². The zero-order valence-corrected chi connectivity index (χ0v) is 13.1. The minimum Gasteiger partial charge on any atom is -0.497 e. The molecule has 5 heteroatoms. The van der Waals surface area contributed by atoms with Crippen molar-refractivity contribution < 1.29 is 9.53 Å². The van der Waals surface area contributed by atoms with Crippen molar-refractivity contribution in [2.45, 2.75) is 13.3 Å². The highest BCUT2D eigenvalue weighted by molar-refractivity contribution is 5.94. The second-order valence-corrected chi connectivity index (χ2v) is 5.30. The summed E-state index contributed by atoms with van der Waals surface area (Å²) < 4.78 is 6.98. The van der Waals surface area contributed by atoms with Gasteiger partial charge in [-0.25, -0.2) is 4.79 Å². The van der Waals surface area contributed by atoms with Gasteiger partial charge < -0.3 is 15.0 Å². The van der Waals surface area contributed by atoms with Crippen LogP contribution in [0.25, 0.3) is 10.9 Å². The first-order valence-corrected chi connectivity index (χ1v) is 7.17. The molecule has 1 amide bonds. The van der Waals surface area contributed by atoms with Gasteiger partial charge in [0.25, 0.3) is 0 Å². The number of nitrogens with one attached hydrogen (secondary N) is 1. The maximum absolute atomic E-state index is 12.2. The lowest BCUT2D eigenvalue weighted by molar-refractivity contribution is 0.244. The van der Waals surface area contributed by atoms with Crippen LogP contribution in [0, 0.1) is 0 Å². The topological polar surface area (TPSA) is 46.5 Å². The Labute approximate surface area is 125 Å². The fraction of sp³-hybridized carbons (Fsp3) is 0.438. The molecule has 0 saturated heterocycles. The average Bonchev–Trinajstić information content (AvgIpc) is 2.83. The van der Waals surface area contributed by atoms with Gasteiger partial charge in [0.2, 0.25) is 0 Å². The Morgan fingerprint density at radius 2 is 2.14 bits per heavy atom. The number of nitrogens with zero attached hydrogens (tertiary/aromatic N) is 2. The van der Waals surface area contributed by atoms with Crippen LogP contribution in [0.3, 0.4) is 0 Å². The van der Waals surface area contributed by atoms with Crippen LogP contribution in [0.4, 0.5) is 4.79 Å². The normalized spacial score (nSPS) is 11.1. The predicted octanol–water partition coefficient (Wildman–Crippen LogP) is 2.33. The summed E-state index contributed by atoms with van der Waals surface area (Å²) in [5, 5.41) is 3.91. The van der Waals surface area contributed by atoms with Gasteiger partial charge in [0, 0.05) is 24.7 Å². The zero-order chi connectivity index (χ0) is 15.4. The smallest absolute Gasteiger partial charge is 0.326 e. The van der Waals surface area contributed by atoms with Gasteiger partial charge in [-0.05, 0) is 51.2 Å². The molecule has 1 aromatic carbocycles. The summed E-state index contributed by atoms with van der Waals surface area (Å²) in [6, 6.07) is 5.72. The number of likely N-dealkylation sites (N-methyl/N-ethyl adjacent to an activating group) is 1.